The maximum Gasteiger partial charge on any atom is 0.254 e. The largest absolute Gasteiger partial charge is 0.394 e. The standard InChI is InChI=1S/C18H23N3O3/c1-4-13-5-7-14(8-6-13)16(10-22)21-17(23)9-15-11(2)19-12(3)20-18(15)24/h5-8,16,22H,4,9-10H2,1-3H3,(H,21,23)(H,19,20,24). The van der Waals surface area contributed by atoms with Crippen molar-refractivity contribution in [3.8, 4) is 0 Å². The predicted molar refractivity (Wildman–Crippen MR) is 91.8 cm³/mol. The van der Waals surface area contributed by atoms with Crippen molar-refractivity contribution in [2.24, 2.45) is 0 Å². The summed E-state index contributed by atoms with van der Waals surface area (Å²) in [6.45, 7) is 5.26. The van der Waals surface area contributed by atoms with E-state index in [4.69, 9.17) is 0 Å². The van der Waals surface area contributed by atoms with Gasteiger partial charge in [-0.05, 0) is 31.4 Å². The first-order valence-corrected chi connectivity index (χ1v) is 8.00. The van der Waals surface area contributed by atoms with Gasteiger partial charge in [-0.2, -0.15) is 0 Å². The predicted octanol–water partition coefficient (Wildman–Crippen LogP) is 1.34. The minimum Gasteiger partial charge on any atom is -0.394 e. The van der Waals surface area contributed by atoms with E-state index in [2.05, 4.69) is 22.2 Å². The molecule has 0 aliphatic heterocycles. The second-order valence-electron chi connectivity index (χ2n) is 5.79. The van der Waals surface area contributed by atoms with Crippen molar-refractivity contribution in [3.63, 3.8) is 0 Å². The first-order chi connectivity index (χ1) is 11.4. The zero-order valence-corrected chi connectivity index (χ0v) is 14.2. The van der Waals surface area contributed by atoms with Crippen molar-refractivity contribution >= 4 is 5.91 Å². The molecule has 6 heteroatoms. The van der Waals surface area contributed by atoms with E-state index in [9.17, 15) is 14.7 Å². The van der Waals surface area contributed by atoms with Crippen LogP contribution in [-0.2, 0) is 17.6 Å². The first kappa shape index (κ1) is 17.9. The molecule has 0 fully saturated rings. The van der Waals surface area contributed by atoms with E-state index in [1.54, 1.807) is 13.8 Å². The Balaban J connectivity index is 2.11. The van der Waals surface area contributed by atoms with Crippen molar-refractivity contribution in [2.45, 2.75) is 39.7 Å². The Morgan fingerprint density at radius 3 is 2.50 bits per heavy atom. The normalized spacial score (nSPS) is 12.0. The van der Waals surface area contributed by atoms with Gasteiger partial charge < -0.3 is 15.4 Å². The zero-order valence-electron chi connectivity index (χ0n) is 14.2. The number of benzene rings is 1. The van der Waals surface area contributed by atoms with Crippen LogP contribution in [0.1, 0.15) is 41.2 Å². The van der Waals surface area contributed by atoms with E-state index in [0.717, 1.165) is 12.0 Å². The monoisotopic (exact) mass is 329 g/mol. The lowest BCUT2D eigenvalue weighted by molar-refractivity contribution is -0.121. The molecular weight excluding hydrogens is 306 g/mol. The molecule has 1 unspecified atom stereocenters. The molecule has 2 rings (SSSR count). The van der Waals surface area contributed by atoms with Crippen molar-refractivity contribution < 1.29 is 9.90 Å². The maximum atomic E-state index is 12.3. The fourth-order valence-corrected chi connectivity index (χ4v) is 2.59. The van der Waals surface area contributed by atoms with Gasteiger partial charge in [0, 0.05) is 11.3 Å². The topological polar surface area (TPSA) is 95.1 Å². The molecule has 6 nitrogen and oxygen atoms in total. The van der Waals surface area contributed by atoms with Gasteiger partial charge >= 0.3 is 0 Å². The molecule has 1 aromatic carbocycles. The molecule has 2 aromatic rings. The fourth-order valence-electron chi connectivity index (χ4n) is 2.59. The Labute approximate surface area is 141 Å². The van der Waals surface area contributed by atoms with Crippen molar-refractivity contribution in [2.75, 3.05) is 6.61 Å². The average Bonchev–Trinajstić information content (AvgIpc) is 2.56. The molecule has 0 saturated heterocycles. The molecule has 0 saturated carbocycles. The quantitative estimate of drug-likeness (QED) is 0.745. The SMILES string of the molecule is CCc1ccc(C(CO)NC(=O)Cc2c(C)nc(C)[nH]c2=O)cc1. The number of nitrogens with one attached hydrogen (secondary N) is 2. The van der Waals surface area contributed by atoms with Crippen molar-refractivity contribution in [1.29, 1.82) is 0 Å². The molecular formula is C18H23N3O3. The molecule has 0 bridgehead atoms. The minimum atomic E-state index is -0.499. The highest BCUT2D eigenvalue weighted by Gasteiger charge is 2.17. The van der Waals surface area contributed by atoms with Crippen LogP contribution in [0.3, 0.4) is 0 Å². The van der Waals surface area contributed by atoms with Gasteiger partial charge in [0.15, 0.2) is 0 Å². The van der Waals surface area contributed by atoms with Crippen LogP contribution >= 0.6 is 0 Å². The van der Waals surface area contributed by atoms with Crippen molar-refractivity contribution in [3.05, 3.63) is 62.8 Å². The Kier molecular flexibility index (Phi) is 5.87. The van der Waals surface area contributed by atoms with Gasteiger partial charge in [0.1, 0.15) is 5.82 Å². The number of aryl methyl sites for hydroxylation is 3. The molecule has 1 amide bonds. The molecule has 0 radical (unpaired) electrons. The van der Waals surface area contributed by atoms with Gasteiger partial charge in [-0.15, -0.1) is 0 Å². The van der Waals surface area contributed by atoms with E-state index in [-0.39, 0.29) is 24.5 Å². The number of aromatic amines is 1. The molecule has 0 spiro atoms. The third kappa shape index (κ3) is 4.29. The summed E-state index contributed by atoms with van der Waals surface area (Å²) in [5.41, 5.74) is 2.60. The van der Waals surface area contributed by atoms with Crippen LogP contribution in [0.5, 0.6) is 0 Å². The lowest BCUT2D eigenvalue weighted by Crippen LogP contribution is -2.34. The summed E-state index contributed by atoms with van der Waals surface area (Å²) in [6, 6.07) is 7.24. The first-order valence-electron chi connectivity index (χ1n) is 8.00. The number of nitrogens with zero attached hydrogens (tertiary/aromatic N) is 1. The Bertz CT molecular complexity index is 766. The second kappa shape index (κ2) is 7.88. The van der Waals surface area contributed by atoms with Gasteiger partial charge in [0.25, 0.3) is 5.56 Å². The smallest absolute Gasteiger partial charge is 0.254 e. The summed E-state index contributed by atoms with van der Waals surface area (Å²) in [5, 5.41) is 12.3. The number of aliphatic hydroxyl groups excluding tert-OH is 1. The number of carbonyl (C=O) groups is 1. The molecule has 3 N–H and O–H groups in total. The Hall–Kier alpha value is -2.47. The Morgan fingerprint density at radius 2 is 1.96 bits per heavy atom. The second-order valence-corrected chi connectivity index (χ2v) is 5.79. The maximum absolute atomic E-state index is 12.3. The lowest BCUT2D eigenvalue weighted by Gasteiger charge is -2.17. The van der Waals surface area contributed by atoms with Crippen LogP contribution < -0.4 is 10.9 Å². The van der Waals surface area contributed by atoms with Crippen molar-refractivity contribution in [1.82, 2.24) is 15.3 Å². The fraction of sp³-hybridized carbons (Fsp3) is 0.389. The average molecular weight is 329 g/mol. The summed E-state index contributed by atoms with van der Waals surface area (Å²) < 4.78 is 0. The number of H-pyrrole nitrogens is 1. The Morgan fingerprint density at radius 1 is 1.29 bits per heavy atom. The van der Waals surface area contributed by atoms with Gasteiger partial charge in [-0.25, -0.2) is 4.98 Å². The van der Waals surface area contributed by atoms with E-state index in [0.29, 0.717) is 17.1 Å². The van der Waals surface area contributed by atoms with Gasteiger partial charge in [-0.1, -0.05) is 31.2 Å². The highest BCUT2D eigenvalue weighted by Crippen LogP contribution is 2.14. The molecule has 1 heterocycles. The summed E-state index contributed by atoms with van der Waals surface area (Å²) >= 11 is 0. The molecule has 1 atom stereocenters. The van der Waals surface area contributed by atoms with Crippen LogP contribution in [0.2, 0.25) is 0 Å². The zero-order chi connectivity index (χ0) is 17.7. The van der Waals surface area contributed by atoms with Gasteiger partial charge in [0.2, 0.25) is 5.91 Å². The molecule has 0 aliphatic rings. The lowest BCUT2D eigenvalue weighted by atomic mass is 10.0. The minimum absolute atomic E-state index is 0.0714. The molecule has 0 aliphatic carbocycles. The van der Waals surface area contributed by atoms with Gasteiger partial charge in [0.05, 0.1) is 19.1 Å². The number of hydrogen-bond acceptors (Lipinski definition) is 4. The van der Waals surface area contributed by atoms with E-state index in [1.165, 1.54) is 5.56 Å². The van der Waals surface area contributed by atoms with E-state index >= 15 is 0 Å². The van der Waals surface area contributed by atoms with E-state index < -0.39 is 6.04 Å². The summed E-state index contributed by atoms with van der Waals surface area (Å²) in [4.78, 5) is 31.0. The molecule has 24 heavy (non-hydrogen) atoms. The third-order valence-corrected chi connectivity index (χ3v) is 3.99. The third-order valence-electron chi connectivity index (χ3n) is 3.99. The van der Waals surface area contributed by atoms with Crippen LogP contribution in [0.25, 0.3) is 0 Å². The summed E-state index contributed by atoms with van der Waals surface area (Å²) in [7, 11) is 0. The van der Waals surface area contributed by atoms with E-state index in [1.807, 2.05) is 24.3 Å². The summed E-state index contributed by atoms with van der Waals surface area (Å²) in [6.07, 6.45) is 0.858. The van der Waals surface area contributed by atoms with Gasteiger partial charge in [-0.3, -0.25) is 9.59 Å². The van der Waals surface area contributed by atoms with Crippen LogP contribution in [0, 0.1) is 13.8 Å². The number of rotatable bonds is 6. The number of carbonyl (C=O) groups excluding carboxylic acids is 1. The number of hydrogen-bond donors (Lipinski definition) is 3. The highest BCUT2D eigenvalue weighted by atomic mass is 16.3. The number of amides is 1. The van der Waals surface area contributed by atoms with Crippen LogP contribution in [0.4, 0.5) is 0 Å². The highest BCUT2D eigenvalue weighted by molar-refractivity contribution is 5.79. The summed E-state index contributed by atoms with van der Waals surface area (Å²) in [5.74, 6) is 0.193. The number of aromatic nitrogens is 2. The molecule has 128 valence electrons. The number of aliphatic hydroxyl groups is 1. The van der Waals surface area contributed by atoms with Crippen LogP contribution in [0.15, 0.2) is 29.1 Å². The van der Waals surface area contributed by atoms with Crippen LogP contribution in [-0.4, -0.2) is 27.6 Å². The molecule has 1 aromatic heterocycles.